The number of aldehydes is 1. The monoisotopic (exact) mass is 418 g/mol. The number of nitrogens with one attached hydrogen (secondary N) is 3. The summed E-state index contributed by atoms with van der Waals surface area (Å²) in [5.74, 6) is -0.221. The number of anilines is 2. The van der Waals surface area contributed by atoms with Gasteiger partial charge in [-0.15, -0.1) is 0 Å². The predicted molar refractivity (Wildman–Crippen MR) is 118 cm³/mol. The van der Waals surface area contributed by atoms with Gasteiger partial charge in [-0.1, -0.05) is 6.07 Å². The second-order valence-corrected chi connectivity index (χ2v) is 9.69. The molecule has 0 aliphatic heterocycles. The number of hydrazine groups is 1. The molecular weight excluding hydrogens is 384 g/mol. The number of nitrogens with zero attached hydrogens (tertiary/aromatic N) is 1. The largest absolute Gasteiger partial charge is 0.442 e. The summed E-state index contributed by atoms with van der Waals surface area (Å²) in [4.78, 5) is 37.0. The van der Waals surface area contributed by atoms with Crippen molar-refractivity contribution in [2.24, 2.45) is 0 Å². The van der Waals surface area contributed by atoms with Crippen LogP contribution in [0.5, 0.6) is 0 Å². The van der Waals surface area contributed by atoms with Gasteiger partial charge in [0.05, 0.1) is 16.9 Å². The molecule has 0 aromatic heterocycles. The van der Waals surface area contributed by atoms with E-state index >= 15 is 0 Å². The molecule has 1 aromatic rings. The fraction of sp³-hybridized carbons (Fsp3) is 0.591. The third-order valence-corrected chi connectivity index (χ3v) is 4.16. The summed E-state index contributed by atoms with van der Waals surface area (Å²) in [5, 5.41) is 7.48. The molecule has 0 bridgehead atoms. The molecule has 2 amide bonds. The summed E-state index contributed by atoms with van der Waals surface area (Å²) in [6.45, 7) is 12.6. The average molecular weight is 419 g/mol. The third kappa shape index (κ3) is 6.93. The van der Waals surface area contributed by atoms with Gasteiger partial charge in [0, 0.05) is 11.6 Å². The van der Waals surface area contributed by atoms with Gasteiger partial charge in [0.15, 0.2) is 0 Å². The number of hydrogen-bond donors (Lipinski definition) is 3. The number of hydrogen-bond acceptors (Lipinski definition) is 6. The summed E-state index contributed by atoms with van der Waals surface area (Å²) < 4.78 is 5.44. The molecule has 1 aliphatic carbocycles. The van der Waals surface area contributed by atoms with Crippen molar-refractivity contribution in [1.82, 2.24) is 10.3 Å². The zero-order valence-corrected chi connectivity index (χ0v) is 19.0. The Balaban J connectivity index is 2.39. The van der Waals surface area contributed by atoms with Crippen molar-refractivity contribution in [3.8, 4) is 0 Å². The number of carbonyl (C=O) groups excluding carboxylic acids is 3. The molecule has 2 rings (SSSR count). The first-order valence-corrected chi connectivity index (χ1v) is 10.3. The van der Waals surface area contributed by atoms with Crippen molar-refractivity contribution in [2.45, 2.75) is 84.5 Å². The van der Waals surface area contributed by atoms with Gasteiger partial charge < -0.3 is 20.2 Å². The molecule has 1 saturated carbocycles. The molecule has 0 heterocycles. The van der Waals surface area contributed by atoms with Gasteiger partial charge in [0.25, 0.3) is 5.91 Å². The Bertz CT molecular complexity index is 791. The van der Waals surface area contributed by atoms with Crippen LogP contribution in [0.1, 0.15) is 71.7 Å². The maximum atomic E-state index is 12.9. The summed E-state index contributed by atoms with van der Waals surface area (Å²) in [6, 6.07) is 4.72. The highest BCUT2D eigenvalue weighted by Gasteiger charge is 2.30. The van der Waals surface area contributed by atoms with Gasteiger partial charge >= 0.3 is 6.09 Å². The number of amides is 2. The molecular formula is C22H34N4O4. The first-order chi connectivity index (χ1) is 13.8. The normalized spacial score (nSPS) is 15.0. The SMILES string of the molecule is C[C@@H](C=O)N(Nc1cccc(C(=O)NC(C)(C)C)c1NC1CC1)C(=O)OC(C)(C)C. The van der Waals surface area contributed by atoms with E-state index in [2.05, 4.69) is 16.1 Å². The zero-order chi connectivity index (χ0) is 22.7. The van der Waals surface area contributed by atoms with Crippen LogP contribution in [0.4, 0.5) is 16.2 Å². The highest BCUT2D eigenvalue weighted by Crippen LogP contribution is 2.33. The molecule has 166 valence electrons. The lowest BCUT2D eigenvalue weighted by Crippen LogP contribution is -2.46. The minimum atomic E-state index is -0.777. The fourth-order valence-corrected chi connectivity index (χ4v) is 2.65. The Morgan fingerprint density at radius 1 is 1.17 bits per heavy atom. The van der Waals surface area contributed by atoms with E-state index in [9.17, 15) is 14.4 Å². The highest BCUT2D eigenvalue weighted by atomic mass is 16.6. The highest BCUT2D eigenvalue weighted by molar-refractivity contribution is 6.03. The topological polar surface area (TPSA) is 99.8 Å². The van der Waals surface area contributed by atoms with Crippen molar-refractivity contribution >= 4 is 29.7 Å². The van der Waals surface area contributed by atoms with Crippen LogP contribution in [-0.4, -0.2) is 46.5 Å². The van der Waals surface area contributed by atoms with Crippen LogP contribution in [0.2, 0.25) is 0 Å². The van der Waals surface area contributed by atoms with Crippen LogP contribution in [0.3, 0.4) is 0 Å². The van der Waals surface area contributed by atoms with E-state index in [0.29, 0.717) is 23.2 Å². The Morgan fingerprint density at radius 2 is 1.80 bits per heavy atom. The lowest BCUT2D eigenvalue weighted by molar-refractivity contribution is -0.111. The Labute approximate surface area is 178 Å². The molecule has 1 fully saturated rings. The van der Waals surface area contributed by atoms with Crippen LogP contribution in [-0.2, 0) is 9.53 Å². The zero-order valence-electron chi connectivity index (χ0n) is 19.0. The number of rotatable bonds is 7. The van der Waals surface area contributed by atoms with Crippen LogP contribution >= 0.6 is 0 Å². The van der Waals surface area contributed by atoms with Gasteiger partial charge in [-0.3, -0.25) is 10.2 Å². The fourth-order valence-electron chi connectivity index (χ4n) is 2.65. The second-order valence-electron chi connectivity index (χ2n) is 9.69. The van der Waals surface area contributed by atoms with Crippen LogP contribution in [0.25, 0.3) is 0 Å². The summed E-state index contributed by atoms with van der Waals surface area (Å²) in [6.07, 6.45) is 2.00. The van der Waals surface area contributed by atoms with Gasteiger partial charge in [-0.05, 0) is 73.4 Å². The molecule has 30 heavy (non-hydrogen) atoms. The smallest absolute Gasteiger partial charge is 0.429 e. The molecule has 0 saturated heterocycles. The first-order valence-electron chi connectivity index (χ1n) is 10.3. The van der Waals surface area contributed by atoms with E-state index in [4.69, 9.17) is 4.74 Å². The number of carbonyl (C=O) groups is 3. The minimum absolute atomic E-state index is 0.221. The van der Waals surface area contributed by atoms with E-state index in [-0.39, 0.29) is 11.9 Å². The Hall–Kier alpha value is -2.77. The van der Waals surface area contributed by atoms with E-state index in [0.717, 1.165) is 17.9 Å². The summed E-state index contributed by atoms with van der Waals surface area (Å²) in [5.41, 5.74) is 3.45. The van der Waals surface area contributed by atoms with E-state index in [1.165, 1.54) is 0 Å². The maximum absolute atomic E-state index is 12.9. The molecule has 0 unspecified atom stereocenters. The predicted octanol–water partition coefficient (Wildman–Crippen LogP) is 3.94. The lowest BCUT2D eigenvalue weighted by Gasteiger charge is -2.31. The molecule has 8 heteroatoms. The first kappa shape index (κ1) is 23.5. The molecule has 1 aromatic carbocycles. The number of benzene rings is 1. The van der Waals surface area contributed by atoms with Crippen molar-refractivity contribution in [3.63, 3.8) is 0 Å². The molecule has 8 nitrogen and oxygen atoms in total. The van der Waals surface area contributed by atoms with E-state index in [1.54, 1.807) is 45.9 Å². The van der Waals surface area contributed by atoms with Gasteiger partial charge in [-0.2, -0.15) is 0 Å². The van der Waals surface area contributed by atoms with Gasteiger partial charge in [0.1, 0.15) is 17.9 Å². The third-order valence-electron chi connectivity index (χ3n) is 4.16. The lowest BCUT2D eigenvalue weighted by atomic mass is 10.1. The molecule has 3 N–H and O–H groups in total. The number of ether oxygens (including phenoxy) is 1. The molecule has 1 aliphatic rings. The average Bonchev–Trinajstić information content (AvgIpc) is 3.40. The van der Waals surface area contributed by atoms with Crippen molar-refractivity contribution in [2.75, 3.05) is 10.7 Å². The molecule has 0 radical (unpaired) electrons. The second kappa shape index (κ2) is 8.93. The standard InChI is InChI=1S/C22H34N4O4/c1-14(13-27)26(20(29)30-22(5,6)7)25-17-10-8-9-16(18(17)23-15-11-12-15)19(28)24-21(2,3)4/h8-10,13-15,23,25H,11-12H2,1-7H3,(H,24,28)/t14-/m0/s1. The molecule has 1 atom stereocenters. The van der Waals surface area contributed by atoms with Crippen molar-refractivity contribution in [3.05, 3.63) is 23.8 Å². The van der Waals surface area contributed by atoms with Crippen LogP contribution in [0, 0.1) is 0 Å². The van der Waals surface area contributed by atoms with E-state index in [1.807, 2.05) is 20.8 Å². The summed E-state index contributed by atoms with van der Waals surface area (Å²) in [7, 11) is 0. The molecule has 0 spiro atoms. The Morgan fingerprint density at radius 3 is 2.30 bits per heavy atom. The van der Waals surface area contributed by atoms with Crippen molar-refractivity contribution in [1.29, 1.82) is 0 Å². The summed E-state index contributed by atoms with van der Waals surface area (Å²) >= 11 is 0. The maximum Gasteiger partial charge on any atom is 0.429 e. The minimum Gasteiger partial charge on any atom is -0.442 e. The van der Waals surface area contributed by atoms with Gasteiger partial charge in [0.2, 0.25) is 0 Å². The van der Waals surface area contributed by atoms with E-state index < -0.39 is 23.3 Å². The van der Waals surface area contributed by atoms with Crippen molar-refractivity contribution < 1.29 is 19.1 Å². The van der Waals surface area contributed by atoms with Crippen LogP contribution in [0.15, 0.2) is 18.2 Å². The Kier molecular flexibility index (Phi) is 7.00. The van der Waals surface area contributed by atoms with Gasteiger partial charge in [-0.25, -0.2) is 9.80 Å². The quantitative estimate of drug-likeness (QED) is 0.458. The van der Waals surface area contributed by atoms with Crippen LogP contribution < -0.4 is 16.1 Å². The number of para-hydroxylation sites is 1.